The lowest BCUT2D eigenvalue weighted by Gasteiger charge is -2.34. The third-order valence-corrected chi connectivity index (χ3v) is 3.97. The Balaban J connectivity index is 2.21. The molecule has 6 nitrogen and oxygen atoms in total. The van der Waals surface area contributed by atoms with Crippen LogP contribution in [-0.4, -0.2) is 38.6 Å². The highest BCUT2D eigenvalue weighted by Crippen LogP contribution is 2.31. The van der Waals surface area contributed by atoms with Crippen LogP contribution in [0.3, 0.4) is 0 Å². The van der Waals surface area contributed by atoms with Crippen LogP contribution in [0.15, 0.2) is 24.3 Å². The lowest BCUT2D eigenvalue weighted by molar-refractivity contribution is -0.130. The molecule has 0 saturated carbocycles. The Kier molecular flexibility index (Phi) is 4.93. The second-order valence-electron chi connectivity index (χ2n) is 5.18. The zero-order valence-electron chi connectivity index (χ0n) is 12.1. The maximum atomic E-state index is 12.6. The van der Waals surface area contributed by atoms with Crippen LogP contribution in [0.25, 0.3) is 0 Å². The molecule has 2 rings (SSSR count). The number of carbonyl (C=O) groups is 2. The normalized spacial score (nSPS) is 17.0. The molecule has 0 atom stereocenters. The molecule has 4 N–H and O–H groups in total. The van der Waals surface area contributed by atoms with Gasteiger partial charge in [-0.05, 0) is 25.0 Å². The molecule has 1 aliphatic rings. The summed E-state index contributed by atoms with van der Waals surface area (Å²) < 4.78 is 5.31. The van der Waals surface area contributed by atoms with Gasteiger partial charge in [0.25, 0.3) is 5.91 Å². The second-order valence-corrected chi connectivity index (χ2v) is 5.18. The SMILES string of the molecule is CNC(=O)c1ccccc1NC(=O)C1(CN)CCOCC1. The predicted molar refractivity (Wildman–Crippen MR) is 80.0 cm³/mol. The van der Waals surface area contributed by atoms with Gasteiger partial charge < -0.3 is 21.1 Å². The first kappa shape index (κ1) is 15.5. The van der Waals surface area contributed by atoms with Gasteiger partial charge in [0, 0.05) is 26.8 Å². The van der Waals surface area contributed by atoms with E-state index in [0.29, 0.717) is 37.3 Å². The Morgan fingerprint density at radius 3 is 2.57 bits per heavy atom. The summed E-state index contributed by atoms with van der Waals surface area (Å²) in [4.78, 5) is 24.4. The van der Waals surface area contributed by atoms with Gasteiger partial charge in [0.2, 0.25) is 5.91 Å². The topological polar surface area (TPSA) is 93.5 Å². The van der Waals surface area contributed by atoms with Crippen molar-refractivity contribution in [2.24, 2.45) is 11.1 Å². The standard InChI is InChI=1S/C15H21N3O3/c1-17-13(19)11-4-2-3-5-12(11)18-14(20)15(10-16)6-8-21-9-7-15/h2-5H,6-10,16H2,1H3,(H,17,19)(H,18,20). The van der Waals surface area contributed by atoms with Gasteiger partial charge in [-0.3, -0.25) is 9.59 Å². The fraction of sp³-hybridized carbons (Fsp3) is 0.467. The molecule has 0 bridgehead atoms. The Morgan fingerprint density at radius 1 is 1.29 bits per heavy atom. The Bertz CT molecular complexity index is 525. The molecule has 1 fully saturated rings. The maximum Gasteiger partial charge on any atom is 0.253 e. The predicted octanol–water partition coefficient (Wildman–Crippen LogP) is 0.740. The van der Waals surface area contributed by atoms with E-state index in [1.165, 1.54) is 0 Å². The monoisotopic (exact) mass is 291 g/mol. The molecular formula is C15H21N3O3. The minimum absolute atomic E-state index is 0.148. The molecule has 0 aliphatic carbocycles. The minimum atomic E-state index is -0.617. The zero-order valence-corrected chi connectivity index (χ0v) is 12.1. The van der Waals surface area contributed by atoms with E-state index in [1.54, 1.807) is 31.3 Å². The molecular weight excluding hydrogens is 270 g/mol. The van der Waals surface area contributed by atoms with Crippen LogP contribution in [-0.2, 0) is 9.53 Å². The molecule has 0 aromatic heterocycles. The van der Waals surface area contributed by atoms with Crippen molar-refractivity contribution in [3.05, 3.63) is 29.8 Å². The van der Waals surface area contributed by atoms with Gasteiger partial charge in [-0.15, -0.1) is 0 Å². The van der Waals surface area contributed by atoms with Crippen LogP contribution in [0.4, 0.5) is 5.69 Å². The highest BCUT2D eigenvalue weighted by atomic mass is 16.5. The zero-order chi connectivity index (χ0) is 15.3. The first-order valence-electron chi connectivity index (χ1n) is 7.03. The lowest BCUT2D eigenvalue weighted by Crippen LogP contribution is -2.46. The van der Waals surface area contributed by atoms with Crippen LogP contribution >= 0.6 is 0 Å². The molecule has 1 saturated heterocycles. The number of para-hydroxylation sites is 1. The fourth-order valence-corrected chi connectivity index (χ4v) is 2.47. The van der Waals surface area contributed by atoms with Crippen LogP contribution in [0.5, 0.6) is 0 Å². The smallest absolute Gasteiger partial charge is 0.253 e. The van der Waals surface area contributed by atoms with E-state index < -0.39 is 5.41 Å². The summed E-state index contributed by atoms with van der Waals surface area (Å²) in [7, 11) is 1.56. The number of nitrogens with one attached hydrogen (secondary N) is 2. The quantitative estimate of drug-likeness (QED) is 0.762. The molecule has 6 heteroatoms. The van der Waals surface area contributed by atoms with Crippen molar-refractivity contribution in [1.82, 2.24) is 5.32 Å². The van der Waals surface area contributed by atoms with Crippen molar-refractivity contribution in [2.75, 3.05) is 32.1 Å². The van der Waals surface area contributed by atoms with Crippen LogP contribution < -0.4 is 16.4 Å². The lowest BCUT2D eigenvalue weighted by atomic mass is 9.79. The number of carbonyl (C=O) groups excluding carboxylic acids is 2. The summed E-state index contributed by atoms with van der Waals surface area (Å²) in [5, 5.41) is 5.41. The molecule has 1 heterocycles. The summed E-state index contributed by atoms with van der Waals surface area (Å²) in [6, 6.07) is 6.92. The molecule has 114 valence electrons. The van der Waals surface area contributed by atoms with E-state index in [9.17, 15) is 9.59 Å². The van der Waals surface area contributed by atoms with Crippen molar-refractivity contribution < 1.29 is 14.3 Å². The average molecular weight is 291 g/mol. The Morgan fingerprint density at radius 2 is 1.95 bits per heavy atom. The fourth-order valence-electron chi connectivity index (χ4n) is 2.47. The largest absolute Gasteiger partial charge is 0.381 e. The van der Waals surface area contributed by atoms with Gasteiger partial charge >= 0.3 is 0 Å². The number of hydrogen-bond donors (Lipinski definition) is 3. The molecule has 2 amide bonds. The number of amides is 2. The van der Waals surface area contributed by atoms with Gasteiger partial charge in [-0.1, -0.05) is 12.1 Å². The van der Waals surface area contributed by atoms with E-state index in [-0.39, 0.29) is 18.4 Å². The first-order chi connectivity index (χ1) is 10.1. The number of hydrogen-bond acceptors (Lipinski definition) is 4. The number of rotatable bonds is 4. The van der Waals surface area contributed by atoms with Crippen LogP contribution in [0.2, 0.25) is 0 Å². The number of ether oxygens (including phenoxy) is 1. The number of nitrogens with two attached hydrogens (primary N) is 1. The summed E-state index contributed by atoms with van der Waals surface area (Å²) in [6.45, 7) is 1.33. The summed E-state index contributed by atoms with van der Waals surface area (Å²) in [5.74, 6) is -0.385. The van der Waals surface area contributed by atoms with Gasteiger partial charge in [0.15, 0.2) is 0 Å². The van der Waals surface area contributed by atoms with E-state index in [2.05, 4.69) is 10.6 Å². The summed E-state index contributed by atoms with van der Waals surface area (Å²) in [5.41, 5.74) is 6.14. The van der Waals surface area contributed by atoms with Crippen molar-refractivity contribution in [2.45, 2.75) is 12.8 Å². The Labute approximate surface area is 124 Å². The third-order valence-electron chi connectivity index (χ3n) is 3.97. The average Bonchev–Trinajstić information content (AvgIpc) is 2.55. The van der Waals surface area contributed by atoms with E-state index in [1.807, 2.05) is 0 Å². The van der Waals surface area contributed by atoms with Crippen molar-refractivity contribution >= 4 is 17.5 Å². The Hall–Kier alpha value is -1.92. The van der Waals surface area contributed by atoms with E-state index >= 15 is 0 Å². The van der Waals surface area contributed by atoms with Crippen LogP contribution in [0, 0.1) is 5.41 Å². The van der Waals surface area contributed by atoms with E-state index in [4.69, 9.17) is 10.5 Å². The van der Waals surface area contributed by atoms with Gasteiger partial charge in [-0.2, -0.15) is 0 Å². The molecule has 1 aromatic carbocycles. The molecule has 1 aromatic rings. The highest BCUT2D eigenvalue weighted by Gasteiger charge is 2.39. The highest BCUT2D eigenvalue weighted by molar-refractivity contribution is 6.04. The number of benzene rings is 1. The van der Waals surface area contributed by atoms with Crippen molar-refractivity contribution in [3.63, 3.8) is 0 Å². The van der Waals surface area contributed by atoms with Gasteiger partial charge in [-0.25, -0.2) is 0 Å². The number of anilines is 1. The van der Waals surface area contributed by atoms with Crippen molar-refractivity contribution in [3.8, 4) is 0 Å². The summed E-state index contributed by atoms with van der Waals surface area (Å²) >= 11 is 0. The molecule has 1 aliphatic heterocycles. The second kappa shape index (κ2) is 6.69. The van der Waals surface area contributed by atoms with E-state index in [0.717, 1.165) is 0 Å². The maximum absolute atomic E-state index is 12.6. The van der Waals surface area contributed by atoms with Gasteiger partial charge in [0.1, 0.15) is 0 Å². The molecule has 21 heavy (non-hydrogen) atoms. The first-order valence-corrected chi connectivity index (χ1v) is 7.03. The minimum Gasteiger partial charge on any atom is -0.381 e. The third kappa shape index (κ3) is 3.22. The van der Waals surface area contributed by atoms with Crippen molar-refractivity contribution in [1.29, 1.82) is 0 Å². The summed E-state index contributed by atoms with van der Waals surface area (Å²) in [6.07, 6.45) is 1.19. The molecule has 0 radical (unpaired) electrons. The molecule has 0 spiro atoms. The molecule has 0 unspecified atom stereocenters. The van der Waals surface area contributed by atoms with Crippen LogP contribution in [0.1, 0.15) is 23.2 Å². The van der Waals surface area contributed by atoms with Gasteiger partial charge in [0.05, 0.1) is 16.7 Å².